The van der Waals surface area contributed by atoms with E-state index in [1.165, 1.54) is 102 Å². The Morgan fingerprint density at radius 3 is 1.82 bits per heavy atom. The van der Waals surface area contributed by atoms with E-state index in [-0.39, 0.29) is 0 Å². The lowest BCUT2D eigenvalue weighted by Gasteiger charge is -2.33. The van der Waals surface area contributed by atoms with Gasteiger partial charge in [0.15, 0.2) is 0 Å². The van der Waals surface area contributed by atoms with Crippen LogP contribution in [0, 0.1) is 5.92 Å². The van der Waals surface area contributed by atoms with Gasteiger partial charge in [-0.2, -0.15) is 0 Å². The highest BCUT2D eigenvalue weighted by molar-refractivity contribution is 5.15. The van der Waals surface area contributed by atoms with Gasteiger partial charge in [-0.15, -0.1) is 0 Å². The number of benzene rings is 2. The molecule has 3 heteroatoms. The van der Waals surface area contributed by atoms with Crippen LogP contribution in [0.15, 0.2) is 60.7 Å². The summed E-state index contributed by atoms with van der Waals surface area (Å²) in [4.78, 5) is 2.61. The summed E-state index contributed by atoms with van der Waals surface area (Å²) < 4.78 is 0. The third kappa shape index (κ3) is 10.9. The minimum absolute atomic E-state index is 0.673. The van der Waals surface area contributed by atoms with Gasteiger partial charge in [0.1, 0.15) is 0 Å². The highest BCUT2D eigenvalue weighted by atomic mass is 15.1. The van der Waals surface area contributed by atoms with Crippen molar-refractivity contribution in [2.45, 2.75) is 76.7 Å². The van der Waals surface area contributed by atoms with E-state index < -0.39 is 0 Å². The molecule has 182 valence electrons. The first-order chi connectivity index (χ1) is 16.3. The van der Waals surface area contributed by atoms with Gasteiger partial charge in [0.2, 0.25) is 0 Å². The average molecular weight is 450 g/mol. The Hall–Kier alpha value is -1.68. The molecule has 1 aliphatic rings. The summed E-state index contributed by atoms with van der Waals surface area (Å²) in [6, 6.07) is 22.6. The maximum atomic E-state index is 5.68. The van der Waals surface area contributed by atoms with E-state index in [4.69, 9.17) is 5.73 Å². The zero-order valence-electron chi connectivity index (χ0n) is 20.8. The van der Waals surface area contributed by atoms with Crippen LogP contribution in [0.5, 0.6) is 0 Å². The predicted molar refractivity (Wildman–Crippen MR) is 143 cm³/mol. The molecule has 0 amide bonds. The number of piperidine rings is 1. The molecule has 1 fully saturated rings. The molecule has 0 saturated carbocycles. The molecule has 0 radical (unpaired) electrons. The molecule has 3 nitrogen and oxygen atoms in total. The smallest absolute Gasteiger partial charge is 0.00671 e. The molecular weight excluding hydrogens is 402 g/mol. The van der Waals surface area contributed by atoms with Crippen molar-refractivity contribution < 1.29 is 0 Å². The molecule has 0 aliphatic carbocycles. The van der Waals surface area contributed by atoms with Gasteiger partial charge in [0.05, 0.1) is 0 Å². The quantitative estimate of drug-likeness (QED) is 0.317. The van der Waals surface area contributed by atoms with Crippen LogP contribution in [0.3, 0.4) is 0 Å². The minimum Gasteiger partial charge on any atom is -0.330 e. The zero-order valence-corrected chi connectivity index (χ0v) is 20.8. The van der Waals surface area contributed by atoms with Gasteiger partial charge in [0.25, 0.3) is 0 Å². The molecule has 0 atom stereocenters. The Kier molecular flexibility index (Phi) is 12.6. The Morgan fingerprint density at radius 1 is 0.758 bits per heavy atom. The fourth-order valence-electron chi connectivity index (χ4n) is 5.14. The van der Waals surface area contributed by atoms with Crippen molar-refractivity contribution in [3.8, 4) is 0 Å². The molecule has 0 bridgehead atoms. The summed E-state index contributed by atoms with van der Waals surface area (Å²) in [5.74, 6) is 0.843. The fraction of sp³-hybridized carbons (Fsp3) is 0.600. The number of nitrogens with two attached hydrogens (primary N) is 1. The highest BCUT2D eigenvalue weighted by Gasteiger charge is 2.19. The molecule has 1 saturated heterocycles. The van der Waals surface area contributed by atoms with E-state index in [1.807, 2.05) is 0 Å². The number of nitrogens with zero attached hydrogens (tertiary/aromatic N) is 1. The van der Waals surface area contributed by atoms with E-state index in [0.29, 0.717) is 6.04 Å². The van der Waals surface area contributed by atoms with Crippen molar-refractivity contribution in [2.24, 2.45) is 11.7 Å². The van der Waals surface area contributed by atoms with E-state index in [0.717, 1.165) is 18.9 Å². The van der Waals surface area contributed by atoms with Crippen LogP contribution >= 0.6 is 0 Å². The summed E-state index contributed by atoms with van der Waals surface area (Å²) in [5, 5.41) is 4.01. The Labute approximate surface area is 203 Å². The fourth-order valence-corrected chi connectivity index (χ4v) is 5.14. The second-order valence-corrected chi connectivity index (χ2v) is 10.00. The first kappa shape index (κ1) is 25.9. The lowest BCUT2D eigenvalue weighted by atomic mass is 9.94. The number of aryl methyl sites for hydroxylation is 2. The molecule has 3 rings (SSSR count). The molecule has 2 aromatic rings. The molecule has 2 aromatic carbocycles. The Morgan fingerprint density at radius 2 is 1.30 bits per heavy atom. The van der Waals surface area contributed by atoms with Gasteiger partial charge in [-0.05, 0) is 108 Å². The molecule has 0 unspecified atom stereocenters. The molecule has 33 heavy (non-hydrogen) atoms. The monoisotopic (exact) mass is 449 g/mol. The van der Waals surface area contributed by atoms with Crippen molar-refractivity contribution >= 4 is 0 Å². The molecule has 1 heterocycles. The molecule has 0 spiro atoms. The summed E-state index contributed by atoms with van der Waals surface area (Å²) in [5.41, 5.74) is 8.64. The lowest BCUT2D eigenvalue weighted by Crippen LogP contribution is -2.40. The van der Waals surface area contributed by atoms with E-state index in [1.54, 1.807) is 0 Å². The number of hydrogen-bond acceptors (Lipinski definition) is 3. The lowest BCUT2D eigenvalue weighted by molar-refractivity contribution is 0.178. The number of hydrogen-bond donors (Lipinski definition) is 2. The van der Waals surface area contributed by atoms with E-state index >= 15 is 0 Å². The van der Waals surface area contributed by atoms with Gasteiger partial charge < -0.3 is 16.0 Å². The molecule has 0 aromatic heterocycles. The Balaban J connectivity index is 1.37. The highest BCUT2D eigenvalue weighted by Crippen LogP contribution is 2.19. The third-order valence-electron chi connectivity index (χ3n) is 7.30. The zero-order chi connectivity index (χ0) is 23.0. The van der Waals surface area contributed by atoms with Gasteiger partial charge >= 0.3 is 0 Å². The van der Waals surface area contributed by atoms with Crippen LogP contribution in [0.4, 0.5) is 0 Å². The first-order valence-electron chi connectivity index (χ1n) is 13.6. The van der Waals surface area contributed by atoms with Gasteiger partial charge in [-0.1, -0.05) is 73.5 Å². The van der Waals surface area contributed by atoms with Crippen LogP contribution in [0.25, 0.3) is 0 Å². The minimum atomic E-state index is 0.673. The number of likely N-dealkylation sites (tertiary alicyclic amines) is 1. The summed E-state index contributed by atoms with van der Waals surface area (Å²) >= 11 is 0. The average Bonchev–Trinajstić information content (AvgIpc) is 2.87. The normalized spacial score (nSPS) is 15.3. The number of unbranched alkanes of at least 4 members (excludes halogenated alkanes) is 2. The van der Waals surface area contributed by atoms with Gasteiger partial charge in [-0.25, -0.2) is 0 Å². The number of rotatable bonds is 16. The van der Waals surface area contributed by atoms with Crippen molar-refractivity contribution in [1.29, 1.82) is 0 Å². The molecular formula is C30H47N3. The first-order valence-corrected chi connectivity index (χ1v) is 13.6. The summed E-state index contributed by atoms with van der Waals surface area (Å²) in [6.07, 6.45) is 14.1. The topological polar surface area (TPSA) is 41.3 Å². The second kappa shape index (κ2) is 16.0. The second-order valence-electron chi connectivity index (χ2n) is 10.00. The maximum Gasteiger partial charge on any atom is 0.00671 e. The van der Waals surface area contributed by atoms with Crippen molar-refractivity contribution in [3.05, 3.63) is 71.8 Å². The molecule has 1 aliphatic heterocycles. The van der Waals surface area contributed by atoms with Crippen LogP contribution < -0.4 is 11.1 Å². The van der Waals surface area contributed by atoms with Crippen LogP contribution in [-0.2, 0) is 12.8 Å². The summed E-state index contributed by atoms with van der Waals surface area (Å²) in [6.45, 7) is 5.71. The van der Waals surface area contributed by atoms with Crippen molar-refractivity contribution in [1.82, 2.24) is 10.2 Å². The van der Waals surface area contributed by atoms with Crippen LogP contribution in [0.1, 0.15) is 68.9 Å². The number of nitrogens with one attached hydrogen (secondary N) is 1. The Bertz CT molecular complexity index is 662. The van der Waals surface area contributed by atoms with Crippen LogP contribution in [0.2, 0.25) is 0 Å². The van der Waals surface area contributed by atoms with Gasteiger partial charge in [-0.3, -0.25) is 0 Å². The van der Waals surface area contributed by atoms with Crippen LogP contribution in [-0.4, -0.2) is 43.7 Å². The van der Waals surface area contributed by atoms with E-state index in [9.17, 15) is 0 Å². The maximum absolute atomic E-state index is 5.68. The SMILES string of the molecule is NCCCN1CCC(CNC(CCCCc2ccccc2)CCCCc2ccccc2)CC1. The summed E-state index contributed by atoms with van der Waals surface area (Å²) in [7, 11) is 0. The van der Waals surface area contributed by atoms with Gasteiger partial charge in [0, 0.05) is 6.04 Å². The predicted octanol–water partition coefficient (Wildman–Crippen LogP) is 5.83. The van der Waals surface area contributed by atoms with Crippen molar-refractivity contribution in [3.63, 3.8) is 0 Å². The third-order valence-corrected chi connectivity index (χ3v) is 7.30. The molecule has 3 N–H and O–H groups in total. The van der Waals surface area contributed by atoms with Crippen molar-refractivity contribution in [2.75, 3.05) is 32.7 Å². The largest absolute Gasteiger partial charge is 0.330 e. The standard InChI is InChI=1S/C30H47N3/c31-22-11-23-33-24-20-29(21-25-33)26-32-30(18-9-7-16-27-12-3-1-4-13-27)19-10-8-17-28-14-5-2-6-15-28/h1-6,12-15,29-30,32H,7-11,16-26,31H2. The van der Waals surface area contributed by atoms with E-state index in [2.05, 4.69) is 70.9 Å².